The van der Waals surface area contributed by atoms with E-state index in [2.05, 4.69) is 15.5 Å². The normalized spacial score (nSPS) is 16.7. The first-order valence-corrected chi connectivity index (χ1v) is 5.91. The first-order valence-electron chi connectivity index (χ1n) is 4.69. The Bertz CT molecular complexity index is 348. The second-order valence-corrected chi connectivity index (χ2v) is 3.88. The van der Waals surface area contributed by atoms with E-state index in [0.717, 1.165) is 13.1 Å². The average Bonchev–Trinajstić information content (AvgIpc) is 2.78. The molecule has 0 aliphatic carbocycles. The number of thioether (sulfide) groups is 1. The van der Waals surface area contributed by atoms with Crippen molar-refractivity contribution in [2.24, 2.45) is 0 Å². The van der Waals surface area contributed by atoms with Gasteiger partial charge in [-0.15, -0.1) is 10.2 Å². The summed E-state index contributed by atoms with van der Waals surface area (Å²) in [7, 11) is 0. The van der Waals surface area contributed by atoms with Crippen LogP contribution in [0.2, 0.25) is 0 Å². The number of nitrogens with one attached hydrogen (secondary N) is 1. The minimum atomic E-state index is -0.177. The van der Waals surface area contributed by atoms with Crippen molar-refractivity contribution in [1.29, 1.82) is 0 Å². The Hall–Kier alpha value is -1.08. The lowest BCUT2D eigenvalue weighted by Gasteiger charge is -2.25. The number of hydrogen-bond donors (Lipinski definition) is 1. The van der Waals surface area contributed by atoms with Gasteiger partial charge in [0.25, 0.3) is 5.22 Å². The molecule has 7 heteroatoms. The Morgan fingerprint density at radius 2 is 2.20 bits per heavy atom. The Kier molecular flexibility index (Phi) is 3.22. The minimum Gasteiger partial charge on any atom is -0.407 e. The Morgan fingerprint density at radius 3 is 2.80 bits per heavy atom. The van der Waals surface area contributed by atoms with E-state index in [-0.39, 0.29) is 11.8 Å². The highest BCUT2D eigenvalue weighted by atomic mass is 32.2. The summed E-state index contributed by atoms with van der Waals surface area (Å²) >= 11 is 1.33. The third kappa shape index (κ3) is 2.29. The predicted molar refractivity (Wildman–Crippen MR) is 54.9 cm³/mol. The summed E-state index contributed by atoms with van der Waals surface area (Å²) in [6.45, 7) is 3.01. The summed E-state index contributed by atoms with van der Waals surface area (Å²) in [5, 5.41) is 11.0. The van der Waals surface area contributed by atoms with Gasteiger partial charge in [0.05, 0.1) is 0 Å². The molecule has 1 aromatic rings. The van der Waals surface area contributed by atoms with Gasteiger partial charge in [0.15, 0.2) is 0 Å². The Balaban J connectivity index is 2.05. The third-order valence-electron chi connectivity index (χ3n) is 2.17. The summed E-state index contributed by atoms with van der Waals surface area (Å²) in [6.07, 6.45) is 1.83. The summed E-state index contributed by atoms with van der Waals surface area (Å²) in [4.78, 5) is 13.5. The summed E-state index contributed by atoms with van der Waals surface area (Å²) in [5.74, 6) is -0.0921. The highest BCUT2D eigenvalue weighted by Gasteiger charge is 2.22. The zero-order valence-corrected chi connectivity index (χ0v) is 9.21. The number of hydrogen-bond acceptors (Lipinski definition) is 6. The molecule has 0 bridgehead atoms. The largest absolute Gasteiger partial charge is 0.407 e. The number of piperazine rings is 1. The van der Waals surface area contributed by atoms with Crippen LogP contribution in [0.15, 0.2) is 9.64 Å². The van der Waals surface area contributed by atoms with Crippen molar-refractivity contribution in [3.63, 3.8) is 0 Å². The maximum absolute atomic E-state index is 11.8. The van der Waals surface area contributed by atoms with Crippen LogP contribution in [0, 0.1) is 0 Å². The molecule has 1 amide bonds. The molecule has 0 saturated carbocycles. The van der Waals surface area contributed by atoms with Crippen LogP contribution in [0.25, 0.3) is 0 Å². The van der Waals surface area contributed by atoms with Crippen LogP contribution >= 0.6 is 11.8 Å². The van der Waals surface area contributed by atoms with Crippen molar-refractivity contribution < 1.29 is 9.21 Å². The fraction of sp³-hybridized carbons (Fsp3) is 0.625. The van der Waals surface area contributed by atoms with E-state index in [1.165, 1.54) is 11.8 Å². The number of carbonyl (C=O) groups is 1. The number of carbonyl (C=O) groups excluding carboxylic acids is 1. The molecular weight excluding hydrogens is 216 g/mol. The van der Waals surface area contributed by atoms with Crippen molar-refractivity contribution in [2.45, 2.75) is 5.22 Å². The lowest BCUT2D eigenvalue weighted by Crippen LogP contribution is -2.46. The van der Waals surface area contributed by atoms with Gasteiger partial charge in [0.1, 0.15) is 0 Å². The Morgan fingerprint density at radius 1 is 1.47 bits per heavy atom. The van der Waals surface area contributed by atoms with Crippen LogP contribution in [0.4, 0.5) is 0 Å². The van der Waals surface area contributed by atoms with Crippen molar-refractivity contribution in [1.82, 2.24) is 20.4 Å². The molecule has 15 heavy (non-hydrogen) atoms. The van der Waals surface area contributed by atoms with E-state index in [1.54, 1.807) is 4.90 Å². The van der Waals surface area contributed by atoms with Crippen LogP contribution in [0.1, 0.15) is 10.7 Å². The molecule has 0 aromatic carbocycles. The van der Waals surface area contributed by atoms with E-state index in [1.807, 2.05) is 6.26 Å². The number of nitrogens with zero attached hydrogens (tertiary/aromatic N) is 3. The van der Waals surface area contributed by atoms with Gasteiger partial charge in [-0.25, -0.2) is 0 Å². The smallest absolute Gasteiger partial charge is 0.311 e. The van der Waals surface area contributed by atoms with Gasteiger partial charge in [-0.1, -0.05) is 11.8 Å². The van der Waals surface area contributed by atoms with E-state index >= 15 is 0 Å². The van der Waals surface area contributed by atoms with Crippen molar-refractivity contribution >= 4 is 17.7 Å². The zero-order valence-electron chi connectivity index (χ0n) is 8.39. The molecule has 1 aromatic heterocycles. The molecule has 82 valence electrons. The molecule has 1 aliphatic heterocycles. The SMILES string of the molecule is CSc1nnc(C(=O)N2CCNCC2)o1. The molecule has 1 saturated heterocycles. The number of amides is 1. The molecule has 1 fully saturated rings. The summed E-state index contributed by atoms with van der Waals surface area (Å²) in [5.41, 5.74) is 0. The fourth-order valence-electron chi connectivity index (χ4n) is 1.38. The van der Waals surface area contributed by atoms with Gasteiger partial charge in [-0.3, -0.25) is 4.79 Å². The number of aromatic nitrogens is 2. The molecule has 0 atom stereocenters. The molecule has 2 heterocycles. The average molecular weight is 228 g/mol. The lowest BCUT2D eigenvalue weighted by atomic mass is 10.3. The monoisotopic (exact) mass is 228 g/mol. The topological polar surface area (TPSA) is 71.3 Å². The highest BCUT2D eigenvalue weighted by molar-refractivity contribution is 7.98. The minimum absolute atomic E-state index is 0.0845. The van der Waals surface area contributed by atoms with Gasteiger partial charge in [0, 0.05) is 26.2 Å². The van der Waals surface area contributed by atoms with Crippen LogP contribution in [-0.4, -0.2) is 53.4 Å². The summed E-state index contributed by atoms with van der Waals surface area (Å²) < 4.78 is 5.18. The maximum Gasteiger partial charge on any atom is 0.311 e. The quantitative estimate of drug-likeness (QED) is 0.709. The lowest BCUT2D eigenvalue weighted by molar-refractivity contribution is 0.0690. The highest BCUT2D eigenvalue weighted by Crippen LogP contribution is 2.13. The molecular formula is C8H12N4O2S. The summed E-state index contributed by atoms with van der Waals surface area (Å²) in [6, 6.07) is 0. The van der Waals surface area contributed by atoms with Crippen LogP contribution in [0.5, 0.6) is 0 Å². The predicted octanol–water partition coefficient (Wildman–Crippen LogP) is -0.163. The van der Waals surface area contributed by atoms with Crippen molar-refractivity contribution in [3.05, 3.63) is 5.89 Å². The van der Waals surface area contributed by atoms with E-state index in [9.17, 15) is 4.79 Å². The van der Waals surface area contributed by atoms with Crippen molar-refractivity contribution in [2.75, 3.05) is 32.4 Å². The van der Waals surface area contributed by atoms with Gasteiger partial charge < -0.3 is 14.6 Å². The second-order valence-electron chi connectivity index (χ2n) is 3.12. The van der Waals surface area contributed by atoms with Crippen LogP contribution < -0.4 is 5.32 Å². The van der Waals surface area contributed by atoms with Gasteiger partial charge in [0.2, 0.25) is 0 Å². The molecule has 6 nitrogen and oxygen atoms in total. The van der Waals surface area contributed by atoms with Gasteiger partial charge in [-0.05, 0) is 6.26 Å². The molecule has 0 spiro atoms. The van der Waals surface area contributed by atoms with Gasteiger partial charge in [-0.2, -0.15) is 0 Å². The van der Waals surface area contributed by atoms with Crippen molar-refractivity contribution in [3.8, 4) is 0 Å². The van der Waals surface area contributed by atoms with E-state index in [0.29, 0.717) is 18.3 Å². The maximum atomic E-state index is 11.8. The second kappa shape index (κ2) is 4.63. The van der Waals surface area contributed by atoms with E-state index < -0.39 is 0 Å². The molecule has 1 N–H and O–H groups in total. The van der Waals surface area contributed by atoms with E-state index in [4.69, 9.17) is 4.42 Å². The Labute approximate surface area is 91.4 Å². The fourth-order valence-corrected chi connectivity index (χ4v) is 1.67. The van der Waals surface area contributed by atoms with Gasteiger partial charge >= 0.3 is 11.8 Å². The molecule has 2 rings (SSSR count). The third-order valence-corrected chi connectivity index (χ3v) is 2.68. The first kappa shape index (κ1) is 10.4. The van der Waals surface area contributed by atoms with Crippen LogP contribution in [0.3, 0.4) is 0 Å². The molecule has 0 unspecified atom stereocenters. The first-order chi connectivity index (χ1) is 7.31. The standard InChI is InChI=1S/C8H12N4O2S/c1-15-8-11-10-6(14-8)7(13)12-4-2-9-3-5-12/h9H,2-5H2,1H3. The van der Waals surface area contributed by atoms with Crippen LogP contribution in [-0.2, 0) is 0 Å². The molecule has 0 radical (unpaired) electrons. The zero-order chi connectivity index (χ0) is 10.7. The molecule has 1 aliphatic rings. The number of rotatable bonds is 2.